The Bertz CT molecular complexity index is 1080. The van der Waals surface area contributed by atoms with Crippen LogP contribution in [0.15, 0.2) is 52.9 Å². The van der Waals surface area contributed by atoms with Gasteiger partial charge in [0.25, 0.3) is 6.01 Å². The summed E-state index contributed by atoms with van der Waals surface area (Å²) in [4.78, 5) is 23.9. The first-order chi connectivity index (χ1) is 16.0. The third-order valence-corrected chi connectivity index (χ3v) is 6.46. The molecule has 6 nitrogen and oxygen atoms in total. The molecule has 0 radical (unpaired) electrons. The number of rotatable bonds is 7. The summed E-state index contributed by atoms with van der Waals surface area (Å²) in [6.07, 6.45) is 1.79. The fourth-order valence-corrected chi connectivity index (χ4v) is 4.37. The normalized spacial score (nSPS) is 13.9. The van der Waals surface area contributed by atoms with Gasteiger partial charge in [0.1, 0.15) is 18.0 Å². The summed E-state index contributed by atoms with van der Waals surface area (Å²) in [6, 6.07) is 17.0. The van der Waals surface area contributed by atoms with Crippen molar-refractivity contribution >= 4 is 17.6 Å². The van der Waals surface area contributed by atoms with Crippen LogP contribution in [0.5, 0.6) is 0 Å². The van der Waals surface area contributed by atoms with Crippen LogP contribution in [0, 0.1) is 13.8 Å². The van der Waals surface area contributed by atoms with Crippen molar-refractivity contribution in [3.8, 4) is 11.3 Å². The van der Waals surface area contributed by atoms with Crippen molar-refractivity contribution in [2.75, 3.05) is 49.6 Å². The van der Waals surface area contributed by atoms with E-state index in [9.17, 15) is 4.79 Å². The van der Waals surface area contributed by atoms with Gasteiger partial charge in [0.05, 0.1) is 0 Å². The van der Waals surface area contributed by atoms with Crippen LogP contribution in [0.1, 0.15) is 30.2 Å². The van der Waals surface area contributed by atoms with E-state index < -0.39 is 0 Å². The molecule has 0 unspecified atom stereocenters. The van der Waals surface area contributed by atoms with Crippen molar-refractivity contribution in [2.45, 2.75) is 33.6 Å². The van der Waals surface area contributed by atoms with E-state index in [1.54, 1.807) is 0 Å². The molecule has 1 aliphatic heterocycles. The summed E-state index contributed by atoms with van der Waals surface area (Å²) in [5.41, 5.74) is 5.80. The molecule has 0 atom stereocenters. The number of aromatic nitrogens is 1. The monoisotopic (exact) mass is 446 g/mol. The number of hydrogen-bond donors (Lipinski definition) is 0. The smallest absolute Gasteiger partial charge is 0.298 e. The molecule has 1 fully saturated rings. The zero-order chi connectivity index (χ0) is 23.4. The van der Waals surface area contributed by atoms with Gasteiger partial charge in [-0.1, -0.05) is 49.4 Å². The number of amides is 1. The van der Waals surface area contributed by atoms with Gasteiger partial charge in [-0.05, 0) is 37.5 Å². The Labute approximate surface area is 196 Å². The number of carbonyl (C=O) groups excluding carboxylic acids is 1. The maximum absolute atomic E-state index is 13.0. The van der Waals surface area contributed by atoms with Gasteiger partial charge in [-0.15, -0.1) is 0 Å². The van der Waals surface area contributed by atoms with Gasteiger partial charge in [-0.25, -0.2) is 0 Å². The van der Waals surface area contributed by atoms with E-state index in [1.165, 1.54) is 16.8 Å². The lowest BCUT2D eigenvalue weighted by Crippen LogP contribution is -2.51. The van der Waals surface area contributed by atoms with Crippen LogP contribution in [-0.2, 0) is 11.2 Å². The maximum atomic E-state index is 13.0. The Morgan fingerprint density at radius 3 is 2.45 bits per heavy atom. The van der Waals surface area contributed by atoms with Gasteiger partial charge < -0.3 is 19.1 Å². The van der Waals surface area contributed by atoms with E-state index in [1.807, 2.05) is 47.2 Å². The number of aryl methyl sites for hydroxylation is 2. The molecule has 2 heterocycles. The van der Waals surface area contributed by atoms with E-state index in [4.69, 9.17) is 9.40 Å². The number of carbonyl (C=O) groups is 1. The molecule has 6 heteroatoms. The molecule has 33 heavy (non-hydrogen) atoms. The predicted octanol–water partition coefficient (Wildman–Crippen LogP) is 4.70. The molecule has 1 aliphatic rings. The number of anilines is 2. The zero-order valence-corrected chi connectivity index (χ0v) is 20.2. The average molecular weight is 447 g/mol. The molecule has 174 valence electrons. The Morgan fingerprint density at radius 1 is 1.03 bits per heavy atom. The molecule has 1 amide bonds. The van der Waals surface area contributed by atoms with E-state index in [-0.39, 0.29) is 12.5 Å². The second kappa shape index (κ2) is 10.1. The zero-order valence-electron chi connectivity index (χ0n) is 20.2. The maximum Gasteiger partial charge on any atom is 0.298 e. The molecule has 4 rings (SSSR count). The fourth-order valence-electron chi connectivity index (χ4n) is 4.37. The van der Waals surface area contributed by atoms with E-state index >= 15 is 0 Å². The first kappa shape index (κ1) is 22.9. The Balaban J connectivity index is 1.40. The summed E-state index contributed by atoms with van der Waals surface area (Å²) >= 11 is 0. The third kappa shape index (κ3) is 5.05. The number of benzene rings is 2. The minimum absolute atomic E-state index is 0.106. The number of hydrogen-bond acceptors (Lipinski definition) is 5. The molecule has 0 bridgehead atoms. The summed E-state index contributed by atoms with van der Waals surface area (Å²) in [5.74, 6) is 0.981. The van der Waals surface area contributed by atoms with Gasteiger partial charge in [-0.3, -0.25) is 4.79 Å². The van der Waals surface area contributed by atoms with Crippen molar-refractivity contribution in [3.63, 3.8) is 0 Å². The highest BCUT2D eigenvalue weighted by molar-refractivity contribution is 5.81. The van der Waals surface area contributed by atoms with Gasteiger partial charge >= 0.3 is 0 Å². The summed E-state index contributed by atoms with van der Waals surface area (Å²) in [6.45, 7) is 9.83. The van der Waals surface area contributed by atoms with Crippen LogP contribution in [0.4, 0.5) is 11.7 Å². The highest BCUT2D eigenvalue weighted by atomic mass is 16.4. The molecule has 0 spiro atoms. The lowest BCUT2D eigenvalue weighted by atomic mass is 10.1. The highest BCUT2D eigenvalue weighted by Crippen LogP contribution is 2.29. The molecule has 0 saturated carbocycles. The SMILES string of the molecule is CCCc1oc(N(C)CC(=O)N2CCN(c3cccc(C)c3C)CC2)nc1-c1ccccc1. The molecular weight excluding hydrogens is 412 g/mol. The predicted molar refractivity (Wildman–Crippen MR) is 134 cm³/mol. The minimum Gasteiger partial charge on any atom is -0.428 e. The first-order valence-corrected chi connectivity index (χ1v) is 11.8. The van der Waals surface area contributed by atoms with Crippen molar-refractivity contribution in [3.05, 3.63) is 65.4 Å². The quantitative estimate of drug-likeness (QED) is 0.527. The Kier molecular flexibility index (Phi) is 7.02. The number of oxazole rings is 1. The van der Waals surface area contributed by atoms with Gasteiger partial charge in [-0.2, -0.15) is 4.98 Å². The van der Waals surface area contributed by atoms with Crippen LogP contribution in [0.2, 0.25) is 0 Å². The number of nitrogens with zero attached hydrogens (tertiary/aromatic N) is 4. The van der Waals surface area contributed by atoms with E-state index in [2.05, 4.69) is 43.9 Å². The average Bonchev–Trinajstić information content (AvgIpc) is 3.26. The standard InChI is InChI=1S/C27H34N4O2/c1-5-10-24-26(22-12-7-6-8-13-22)28-27(33-24)29(4)19-25(32)31-17-15-30(16-18-31)23-14-9-11-20(2)21(23)3/h6-9,11-14H,5,10,15-19H2,1-4H3. The van der Waals surface area contributed by atoms with Gasteiger partial charge in [0.2, 0.25) is 5.91 Å². The van der Waals surface area contributed by atoms with Crippen LogP contribution in [0.3, 0.4) is 0 Å². The van der Waals surface area contributed by atoms with E-state index in [0.29, 0.717) is 6.01 Å². The Hall–Kier alpha value is -3.28. The lowest BCUT2D eigenvalue weighted by Gasteiger charge is -2.37. The van der Waals surface area contributed by atoms with Crippen molar-refractivity contribution in [1.29, 1.82) is 0 Å². The molecular formula is C27H34N4O2. The van der Waals surface area contributed by atoms with Crippen LogP contribution < -0.4 is 9.80 Å². The second-order valence-electron chi connectivity index (χ2n) is 8.83. The van der Waals surface area contributed by atoms with Crippen LogP contribution >= 0.6 is 0 Å². The van der Waals surface area contributed by atoms with Gasteiger partial charge in [0, 0.05) is 50.9 Å². The fraction of sp³-hybridized carbons (Fsp3) is 0.407. The van der Waals surface area contributed by atoms with Crippen LogP contribution in [0.25, 0.3) is 11.3 Å². The number of likely N-dealkylation sites (N-methyl/N-ethyl adjacent to an activating group) is 1. The molecule has 3 aromatic rings. The molecule has 0 aliphatic carbocycles. The highest BCUT2D eigenvalue weighted by Gasteiger charge is 2.25. The van der Waals surface area contributed by atoms with Crippen molar-refractivity contribution < 1.29 is 9.21 Å². The van der Waals surface area contributed by atoms with Gasteiger partial charge in [0.15, 0.2) is 0 Å². The Morgan fingerprint density at radius 2 is 1.76 bits per heavy atom. The molecule has 2 aromatic carbocycles. The number of piperazine rings is 1. The first-order valence-electron chi connectivity index (χ1n) is 11.8. The summed E-state index contributed by atoms with van der Waals surface area (Å²) < 4.78 is 6.09. The molecule has 0 N–H and O–H groups in total. The topological polar surface area (TPSA) is 52.8 Å². The van der Waals surface area contributed by atoms with Crippen molar-refractivity contribution in [1.82, 2.24) is 9.88 Å². The summed E-state index contributed by atoms with van der Waals surface area (Å²) in [5, 5.41) is 0. The lowest BCUT2D eigenvalue weighted by molar-refractivity contribution is -0.130. The van der Waals surface area contributed by atoms with Crippen molar-refractivity contribution in [2.24, 2.45) is 0 Å². The van der Waals surface area contributed by atoms with Crippen LogP contribution in [-0.4, -0.2) is 55.6 Å². The molecule has 1 saturated heterocycles. The third-order valence-electron chi connectivity index (χ3n) is 6.46. The van der Waals surface area contributed by atoms with E-state index in [0.717, 1.165) is 56.0 Å². The largest absolute Gasteiger partial charge is 0.428 e. The second-order valence-corrected chi connectivity index (χ2v) is 8.83. The minimum atomic E-state index is 0.106. The summed E-state index contributed by atoms with van der Waals surface area (Å²) in [7, 11) is 1.88. The molecule has 1 aromatic heterocycles.